The Hall–Kier alpha value is -3.66. The Morgan fingerprint density at radius 1 is 0.424 bits per heavy atom. The summed E-state index contributed by atoms with van der Waals surface area (Å²) >= 11 is 3.82. The molecule has 0 saturated carbocycles. The largest absolute Gasteiger partial charge is 0.309 e. The molecule has 0 aliphatic heterocycles. The average molecular weight is 456 g/mol. The third kappa shape index (κ3) is 2.31. The molecule has 3 heteroatoms. The summed E-state index contributed by atoms with van der Waals surface area (Å²) in [7, 11) is 0. The summed E-state index contributed by atoms with van der Waals surface area (Å²) in [6.45, 7) is 0. The molecule has 0 radical (unpaired) electrons. The minimum atomic E-state index is 1.21. The highest BCUT2D eigenvalue weighted by Gasteiger charge is 2.20. The number of hydrogen-bond acceptors (Lipinski definition) is 2. The Morgan fingerprint density at radius 2 is 1.09 bits per heavy atom. The summed E-state index contributed by atoms with van der Waals surface area (Å²) in [6, 6.07) is 37.7. The molecular formula is C30H17NS2. The fraction of sp³-hybridized carbons (Fsp3) is 0. The summed E-state index contributed by atoms with van der Waals surface area (Å²) in [4.78, 5) is 0. The Balaban J connectivity index is 1.72. The molecule has 0 amide bonds. The van der Waals surface area contributed by atoms with Gasteiger partial charge in [-0.2, -0.15) is 0 Å². The van der Waals surface area contributed by atoms with Gasteiger partial charge in [-0.15, -0.1) is 22.7 Å². The molecule has 1 nitrogen and oxygen atoms in total. The highest BCUT2D eigenvalue weighted by atomic mass is 32.1. The maximum atomic E-state index is 2.44. The topological polar surface area (TPSA) is 4.93 Å². The summed E-state index contributed by atoms with van der Waals surface area (Å²) in [5.41, 5.74) is 3.76. The van der Waals surface area contributed by atoms with Crippen LogP contribution in [0.3, 0.4) is 0 Å². The summed E-state index contributed by atoms with van der Waals surface area (Å²) < 4.78 is 7.89. The molecular weight excluding hydrogens is 438 g/mol. The number of para-hydroxylation sites is 1. The van der Waals surface area contributed by atoms with Crippen LogP contribution >= 0.6 is 22.7 Å². The fourth-order valence-electron chi connectivity index (χ4n) is 5.44. The molecule has 0 saturated heterocycles. The third-order valence-corrected chi connectivity index (χ3v) is 9.13. The first kappa shape index (κ1) is 17.8. The van der Waals surface area contributed by atoms with Gasteiger partial charge in [0.2, 0.25) is 0 Å². The van der Waals surface area contributed by atoms with Gasteiger partial charge in [0.15, 0.2) is 0 Å². The molecule has 33 heavy (non-hydrogen) atoms. The number of rotatable bonds is 1. The minimum Gasteiger partial charge on any atom is -0.309 e. The zero-order chi connectivity index (χ0) is 21.5. The van der Waals surface area contributed by atoms with Crippen LogP contribution in [0.2, 0.25) is 0 Å². The van der Waals surface area contributed by atoms with Crippen molar-refractivity contribution >= 4 is 84.8 Å². The number of hydrogen-bond donors (Lipinski definition) is 0. The first-order chi connectivity index (χ1) is 16.4. The minimum absolute atomic E-state index is 1.21. The standard InChI is InChI=1S/C30H17NS2/c1-2-8-18(9-3-1)31-22-16-17-26-27(21-11-5-7-13-25(21)32-26)28(22)29-23(31)15-14-20-19-10-4-6-12-24(19)33-30(20)29/h1-17H. The number of nitrogens with zero attached hydrogens (tertiary/aromatic N) is 1. The lowest BCUT2D eigenvalue weighted by Crippen LogP contribution is -1.92. The smallest absolute Gasteiger partial charge is 0.0556 e. The van der Waals surface area contributed by atoms with Crippen molar-refractivity contribution in [3.05, 3.63) is 103 Å². The second-order valence-corrected chi connectivity index (χ2v) is 10.7. The van der Waals surface area contributed by atoms with Crippen molar-refractivity contribution in [2.24, 2.45) is 0 Å². The predicted octanol–water partition coefficient (Wildman–Crippen LogP) is 9.52. The second-order valence-electron chi connectivity index (χ2n) is 8.54. The average Bonchev–Trinajstić information content (AvgIpc) is 3.53. The Labute approximate surface area is 197 Å². The number of thiophene rings is 2. The van der Waals surface area contributed by atoms with Gasteiger partial charge in [-0.05, 0) is 42.5 Å². The maximum Gasteiger partial charge on any atom is 0.0556 e. The highest BCUT2D eigenvalue weighted by molar-refractivity contribution is 7.27. The van der Waals surface area contributed by atoms with E-state index in [9.17, 15) is 0 Å². The molecule has 0 unspecified atom stereocenters. The Bertz CT molecular complexity index is 2020. The van der Waals surface area contributed by atoms with E-state index in [-0.39, 0.29) is 0 Å². The lowest BCUT2D eigenvalue weighted by Gasteiger charge is -2.07. The van der Waals surface area contributed by atoms with Crippen molar-refractivity contribution in [2.75, 3.05) is 0 Å². The van der Waals surface area contributed by atoms with Crippen molar-refractivity contribution in [2.45, 2.75) is 0 Å². The number of aromatic nitrogens is 1. The molecule has 0 N–H and O–H groups in total. The monoisotopic (exact) mass is 455 g/mol. The molecule has 3 heterocycles. The lowest BCUT2D eigenvalue weighted by atomic mass is 10.0. The van der Waals surface area contributed by atoms with Gasteiger partial charge < -0.3 is 4.57 Å². The number of fused-ring (bicyclic) bond motifs is 11. The molecule has 5 aromatic carbocycles. The highest BCUT2D eigenvalue weighted by Crippen LogP contribution is 2.47. The summed E-state index contributed by atoms with van der Waals surface area (Å²) in [6.07, 6.45) is 0. The van der Waals surface area contributed by atoms with Gasteiger partial charge in [0.25, 0.3) is 0 Å². The first-order valence-corrected chi connectivity index (χ1v) is 12.8. The van der Waals surface area contributed by atoms with Crippen LogP contribution in [-0.4, -0.2) is 4.57 Å². The van der Waals surface area contributed by atoms with E-state index in [1.165, 1.54) is 67.8 Å². The van der Waals surface area contributed by atoms with Gasteiger partial charge in [0, 0.05) is 56.8 Å². The second kappa shape index (κ2) is 6.44. The molecule has 0 aliphatic carbocycles. The van der Waals surface area contributed by atoms with Gasteiger partial charge in [-0.25, -0.2) is 0 Å². The lowest BCUT2D eigenvalue weighted by molar-refractivity contribution is 1.18. The predicted molar refractivity (Wildman–Crippen MR) is 147 cm³/mol. The van der Waals surface area contributed by atoms with Crippen LogP contribution in [0.4, 0.5) is 0 Å². The van der Waals surface area contributed by atoms with E-state index >= 15 is 0 Å². The van der Waals surface area contributed by atoms with E-state index < -0.39 is 0 Å². The fourth-order valence-corrected chi connectivity index (χ4v) is 7.80. The van der Waals surface area contributed by atoms with Gasteiger partial charge in [-0.3, -0.25) is 0 Å². The molecule has 154 valence electrons. The summed E-state index contributed by atoms with van der Waals surface area (Å²) in [5, 5.41) is 8.20. The van der Waals surface area contributed by atoms with Gasteiger partial charge >= 0.3 is 0 Å². The van der Waals surface area contributed by atoms with Crippen molar-refractivity contribution in [3.63, 3.8) is 0 Å². The quantitative estimate of drug-likeness (QED) is 0.232. The summed E-state index contributed by atoms with van der Waals surface area (Å²) in [5.74, 6) is 0. The normalized spacial score (nSPS) is 12.2. The molecule has 0 aliphatic rings. The molecule has 0 bridgehead atoms. The van der Waals surface area contributed by atoms with Crippen LogP contribution in [0, 0.1) is 0 Å². The Morgan fingerprint density at radius 3 is 1.94 bits per heavy atom. The molecule has 8 rings (SSSR count). The van der Waals surface area contributed by atoms with Crippen LogP contribution in [0.15, 0.2) is 103 Å². The van der Waals surface area contributed by atoms with Crippen LogP contribution in [0.25, 0.3) is 67.8 Å². The maximum absolute atomic E-state index is 2.44. The number of benzene rings is 5. The van der Waals surface area contributed by atoms with Crippen LogP contribution in [0.5, 0.6) is 0 Å². The Kier molecular flexibility index (Phi) is 3.48. The van der Waals surface area contributed by atoms with E-state index in [0.29, 0.717) is 0 Å². The van der Waals surface area contributed by atoms with Gasteiger partial charge in [-0.1, -0.05) is 60.7 Å². The van der Waals surface area contributed by atoms with Crippen LogP contribution in [0.1, 0.15) is 0 Å². The van der Waals surface area contributed by atoms with E-state index in [4.69, 9.17) is 0 Å². The van der Waals surface area contributed by atoms with Gasteiger partial charge in [0.05, 0.1) is 11.0 Å². The van der Waals surface area contributed by atoms with E-state index in [2.05, 4.69) is 108 Å². The van der Waals surface area contributed by atoms with Crippen molar-refractivity contribution in [3.8, 4) is 5.69 Å². The van der Waals surface area contributed by atoms with E-state index in [1.807, 2.05) is 22.7 Å². The molecule has 0 atom stereocenters. The van der Waals surface area contributed by atoms with Gasteiger partial charge in [0.1, 0.15) is 0 Å². The van der Waals surface area contributed by atoms with Crippen molar-refractivity contribution < 1.29 is 0 Å². The van der Waals surface area contributed by atoms with Crippen LogP contribution < -0.4 is 0 Å². The first-order valence-electron chi connectivity index (χ1n) is 11.1. The van der Waals surface area contributed by atoms with Crippen LogP contribution in [-0.2, 0) is 0 Å². The zero-order valence-corrected chi connectivity index (χ0v) is 19.2. The molecule has 3 aromatic heterocycles. The van der Waals surface area contributed by atoms with Crippen molar-refractivity contribution in [1.29, 1.82) is 0 Å². The molecule has 0 spiro atoms. The SMILES string of the molecule is c1ccc(-n2c3ccc4c5ccccc5sc4c3c3c4c(ccc32)sc2ccccc24)cc1. The molecule has 8 aromatic rings. The van der Waals surface area contributed by atoms with E-state index in [1.54, 1.807) is 0 Å². The molecule has 0 fully saturated rings. The van der Waals surface area contributed by atoms with E-state index in [0.717, 1.165) is 0 Å². The van der Waals surface area contributed by atoms with Crippen molar-refractivity contribution in [1.82, 2.24) is 4.57 Å². The zero-order valence-electron chi connectivity index (χ0n) is 17.6. The third-order valence-electron chi connectivity index (χ3n) is 6.79.